The summed E-state index contributed by atoms with van der Waals surface area (Å²) in [6.07, 6.45) is 0.722. The molecule has 0 bridgehead atoms. The molecule has 1 saturated carbocycles. The van der Waals surface area contributed by atoms with Gasteiger partial charge in [0.1, 0.15) is 0 Å². The van der Waals surface area contributed by atoms with Gasteiger partial charge in [0.05, 0.1) is 6.10 Å². The van der Waals surface area contributed by atoms with Crippen LogP contribution in [0.5, 0.6) is 0 Å². The monoisotopic (exact) mass is 316 g/mol. The van der Waals surface area contributed by atoms with Crippen molar-refractivity contribution >= 4 is 15.9 Å². The molecule has 0 aromatic heterocycles. The van der Waals surface area contributed by atoms with Crippen LogP contribution in [0.15, 0.2) is 53.0 Å². The van der Waals surface area contributed by atoms with E-state index in [1.807, 2.05) is 18.2 Å². The number of rotatable bonds is 3. The van der Waals surface area contributed by atoms with Gasteiger partial charge >= 0.3 is 0 Å². The molecule has 1 aliphatic carbocycles. The minimum atomic E-state index is -0.359. The maximum absolute atomic E-state index is 10.6. The molecule has 2 aromatic carbocycles. The lowest BCUT2D eigenvalue weighted by molar-refractivity contribution is 0.150. The summed E-state index contributed by atoms with van der Waals surface area (Å²) in [7, 11) is 0. The summed E-state index contributed by atoms with van der Waals surface area (Å²) in [5.41, 5.74) is 3.56. The Morgan fingerprint density at radius 3 is 2.63 bits per heavy atom. The van der Waals surface area contributed by atoms with Gasteiger partial charge in [-0.2, -0.15) is 0 Å². The quantitative estimate of drug-likeness (QED) is 0.877. The lowest BCUT2D eigenvalue weighted by atomic mass is 9.98. The molecular weight excluding hydrogens is 300 g/mol. The first-order valence-corrected chi connectivity index (χ1v) is 7.45. The lowest BCUT2D eigenvalue weighted by Gasteiger charge is -2.14. The molecule has 0 heterocycles. The second-order valence-electron chi connectivity index (χ2n) is 5.36. The van der Waals surface area contributed by atoms with Crippen molar-refractivity contribution in [1.82, 2.24) is 0 Å². The summed E-state index contributed by atoms with van der Waals surface area (Å²) in [5, 5.41) is 10.6. The smallest absolute Gasteiger partial charge is 0.0827 e. The fourth-order valence-corrected chi connectivity index (χ4v) is 3.19. The molecule has 0 amide bonds. The molecule has 0 radical (unpaired) electrons. The Balaban J connectivity index is 1.80. The van der Waals surface area contributed by atoms with Gasteiger partial charge in [0.2, 0.25) is 0 Å². The summed E-state index contributed by atoms with van der Waals surface area (Å²) in [6.45, 7) is 2.06. The number of benzene rings is 2. The van der Waals surface area contributed by atoms with Gasteiger partial charge in [0.25, 0.3) is 0 Å². The van der Waals surface area contributed by atoms with Crippen LogP contribution in [-0.4, -0.2) is 5.11 Å². The van der Waals surface area contributed by atoms with E-state index in [4.69, 9.17) is 0 Å². The van der Waals surface area contributed by atoms with Crippen molar-refractivity contribution in [3.8, 4) is 0 Å². The van der Waals surface area contributed by atoms with E-state index in [0.29, 0.717) is 11.8 Å². The zero-order valence-electron chi connectivity index (χ0n) is 10.9. The van der Waals surface area contributed by atoms with E-state index >= 15 is 0 Å². The third kappa shape index (κ3) is 2.60. The molecule has 19 heavy (non-hydrogen) atoms. The first-order chi connectivity index (χ1) is 9.16. The van der Waals surface area contributed by atoms with Crippen LogP contribution in [0.1, 0.15) is 35.1 Å². The van der Waals surface area contributed by atoms with Crippen LogP contribution in [0.25, 0.3) is 0 Å². The molecule has 2 aromatic rings. The van der Waals surface area contributed by atoms with E-state index in [1.165, 1.54) is 5.56 Å². The van der Waals surface area contributed by atoms with E-state index < -0.39 is 0 Å². The van der Waals surface area contributed by atoms with Gasteiger partial charge in [0, 0.05) is 4.47 Å². The SMILES string of the molecule is Cc1ccc(Br)cc1C(O)C1CC1c1ccccc1. The second-order valence-corrected chi connectivity index (χ2v) is 6.28. The summed E-state index contributed by atoms with van der Waals surface area (Å²) in [6, 6.07) is 16.6. The number of aliphatic hydroxyl groups is 1. The summed E-state index contributed by atoms with van der Waals surface area (Å²) in [4.78, 5) is 0. The van der Waals surface area contributed by atoms with Crippen molar-refractivity contribution in [2.45, 2.75) is 25.4 Å². The zero-order chi connectivity index (χ0) is 13.4. The lowest BCUT2D eigenvalue weighted by Crippen LogP contribution is -2.03. The average Bonchev–Trinajstić information content (AvgIpc) is 3.22. The topological polar surface area (TPSA) is 20.2 Å². The zero-order valence-corrected chi connectivity index (χ0v) is 12.5. The molecule has 3 unspecified atom stereocenters. The molecule has 1 N–H and O–H groups in total. The van der Waals surface area contributed by atoms with E-state index in [2.05, 4.69) is 53.2 Å². The Labute approximate surface area is 122 Å². The first kappa shape index (κ1) is 12.9. The van der Waals surface area contributed by atoms with E-state index in [0.717, 1.165) is 22.0 Å². The predicted octanol–water partition coefficient (Wildman–Crippen LogP) is 4.59. The van der Waals surface area contributed by atoms with Crippen LogP contribution in [-0.2, 0) is 0 Å². The highest BCUT2D eigenvalue weighted by atomic mass is 79.9. The van der Waals surface area contributed by atoms with Crippen molar-refractivity contribution in [1.29, 1.82) is 0 Å². The van der Waals surface area contributed by atoms with Crippen molar-refractivity contribution in [2.75, 3.05) is 0 Å². The number of aliphatic hydroxyl groups excluding tert-OH is 1. The van der Waals surface area contributed by atoms with Crippen molar-refractivity contribution in [3.63, 3.8) is 0 Å². The van der Waals surface area contributed by atoms with Crippen LogP contribution >= 0.6 is 15.9 Å². The highest BCUT2D eigenvalue weighted by molar-refractivity contribution is 9.10. The summed E-state index contributed by atoms with van der Waals surface area (Å²) >= 11 is 3.48. The van der Waals surface area contributed by atoms with Crippen LogP contribution in [0.3, 0.4) is 0 Å². The van der Waals surface area contributed by atoms with Crippen LogP contribution in [0, 0.1) is 12.8 Å². The molecule has 0 saturated heterocycles. The molecule has 1 nitrogen and oxygen atoms in total. The Kier molecular flexibility index (Phi) is 3.46. The predicted molar refractivity (Wildman–Crippen MR) is 81.1 cm³/mol. The van der Waals surface area contributed by atoms with Crippen molar-refractivity contribution in [3.05, 3.63) is 69.7 Å². The molecule has 98 valence electrons. The minimum absolute atomic E-state index is 0.357. The molecule has 3 atom stereocenters. The molecular formula is C17H17BrO. The largest absolute Gasteiger partial charge is 0.388 e. The maximum atomic E-state index is 10.6. The molecule has 2 heteroatoms. The Morgan fingerprint density at radius 2 is 1.89 bits per heavy atom. The van der Waals surface area contributed by atoms with E-state index in [1.54, 1.807) is 0 Å². The van der Waals surface area contributed by atoms with Crippen LogP contribution in [0.4, 0.5) is 0 Å². The summed E-state index contributed by atoms with van der Waals surface area (Å²) in [5.74, 6) is 0.866. The Bertz CT molecular complexity index is 579. The first-order valence-electron chi connectivity index (χ1n) is 6.66. The van der Waals surface area contributed by atoms with E-state index in [9.17, 15) is 5.11 Å². The van der Waals surface area contributed by atoms with Crippen molar-refractivity contribution in [2.24, 2.45) is 5.92 Å². The normalized spacial score (nSPS) is 23.1. The third-order valence-corrected chi connectivity index (χ3v) is 4.53. The third-order valence-electron chi connectivity index (χ3n) is 4.03. The number of halogens is 1. The van der Waals surface area contributed by atoms with E-state index in [-0.39, 0.29) is 6.10 Å². The number of aryl methyl sites for hydroxylation is 1. The molecule has 0 spiro atoms. The van der Waals surface area contributed by atoms with Crippen LogP contribution < -0.4 is 0 Å². The van der Waals surface area contributed by atoms with Crippen LogP contribution in [0.2, 0.25) is 0 Å². The van der Waals surface area contributed by atoms with Gasteiger partial charge in [-0.3, -0.25) is 0 Å². The van der Waals surface area contributed by atoms with Gasteiger partial charge in [-0.25, -0.2) is 0 Å². The second kappa shape index (κ2) is 5.10. The molecule has 0 aliphatic heterocycles. The minimum Gasteiger partial charge on any atom is -0.388 e. The number of hydrogen-bond acceptors (Lipinski definition) is 1. The number of hydrogen-bond donors (Lipinski definition) is 1. The molecule has 3 rings (SSSR count). The highest BCUT2D eigenvalue weighted by Gasteiger charge is 2.44. The summed E-state index contributed by atoms with van der Waals surface area (Å²) < 4.78 is 1.03. The molecule has 1 aliphatic rings. The van der Waals surface area contributed by atoms with Crippen molar-refractivity contribution < 1.29 is 5.11 Å². The van der Waals surface area contributed by atoms with Gasteiger partial charge in [-0.05, 0) is 54.0 Å². The standard InChI is InChI=1S/C17H17BrO/c1-11-7-8-13(18)9-14(11)17(19)16-10-15(16)12-5-3-2-4-6-12/h2-9,15-17,19H,10H2,1H3. The Morgan fingerprint density at radius 1 is 1.16 bits per heavy atom. The fraction of sp³-hybridized carbons (Fsp3) is 0.294. The average molecular weight is 317 g/mol. The van der Waals surface area contributed by atoms with Gasteiger partial charge in [0.15, 0.2) is 0 Å². The van der Waals surface area contributed by atoms with Gasteiger partial charge < -0.3 is 5.11 Å². The van der Waals surface area contributed by atoms with Gasteiger partial charge in [-0.1, -0.05) is 52.3 Å². The van der Waals surface area contributed by atoms with Gasteiger partial charge in [-0.15, -0.1) is 0 Å². The highest BCUT2D eigenvalue weighted by Crippen LogP contribution is 2.54. The maximum Gasteiger partial charge on any atom is 0.0827 e. The Hall–Kier alpha value is -1.12. The molecule has 1 fully saturated rings. The fourth-order valence-electron chi connectivity index (χ4n) is 2.81.